The van der Waals surface area contributed by atoms with Crippen LogP contribution in [0, 0.1) is 34.5 Å². The number of hydrogen-bond donors (Lipinski definition) is 2. The second-order valence-electron chi connectivity index (χ2n) is 12.1. The molecule has 1 unspecified atom stereocenters. The first-order valence-corrected chi connectivity index (χ1v) is 13.0. The van der Waals surface area contributed by atoms with Gasteiger partial charge in [0.15, 0.2) is 0 Å². The number of aliphatic hydroxyl groups is 2. The summed E-state index contributed by atoms with van der Waals surface area (Å²) in [5, 5.41) is 21.1. The predicted molar refractivity (Wildman–Crippen MR) is 127 cm³/mol. The third-order valence-corrected chi connectivity index (χ3v) is 9.96. The lowest BCUT2D eigenvalue weighted by Gasteiger charge is -2.44. The summed E-state index contributed by atoms with van der Waals surface area (Å²) in [6, 6.07) is 0. The summed E-state index contributed by atoms with van der Waals surface area (Å²) in [5.41, 5.74) is 3.00. The molecule has 1 spiro atoms. The molecule has 31 heavy (non-hydrogen) atoms. The van der Waals surface area contributed by atoms with E-state index in [2.05, 4.69) is 46.8 Å². The minimum absolute atomic E-state index is 0.171. The summed E-state index contributed by atoms with van der Waals surface area (Å²) in [6.07, 6.45) is 14.0. The highest BCUT2D eigenvalue weighted by Gasteiger charge is 2.56. The van der Waals surface area contributed by atoms with Crippen LogP contribution in [0.1, 0.15) is 92.4 Å². The van der Waals surface area contributed by atoms with Gasteiger partial charge in [0.05, 0.1) is 18.3 Å². The van der Waals surface area contributed by atoms with Gasteiger partial charge in [0.2, 0.25) is 0 Å². The van der Waals surface area contributed by atoms with E-state index in [9.17, 15) is 10.2 Å². The standard InChI is InChI=1S/C28H46O3/c1-18(2)19(3)17-31-20(4)23-10-11-24-22(7-6-12-27(23,24)5)9-8-21-15-25(29)28(13-14-28)26(30)16-21/h8-9,18-20,23-26,29-30H,6-7,10-17H2,1-5H3/t19-,20-,23?,24+,25-,26-,27-/m1/s1. The van der Waals surface area contributed by atoms with Crippen molar-refractivity contribution in [3.8, 4) is 0 Å². The average molecular weight is 431 g/mol. The summed E-state index contributed by atoms with van der Waals surface area (Å²) < 4.78 is 6.42. The van der Waals surface area contributed by atoms with Crippen LogP contribution in [-0.2, 0) is 4.74 Å². The number of hydrogen-bond acceptors (Lipinski definition) is 3. The number of aliphatic hydroxyl groups excluding tert-OH is 2. The molecule has 0 aliphatic heterocycles. The topological polar surface area (TPSA) is 49.7 Å². The zero-order valence-corrected chi connectivity index (χ0v) is 20.6. The van der Waals surface area contributed by atoms with Crippen molar-refractivity contribution in [2.75, 3.05) is 6.61 Å². The molecule has 0 aromatic heterocycles. The molecule has 0 bridgehead atoms. The molecule has 4 rings (SSSR count). The molecule has 176 valence electrons. The molecule has 0 aromatic rings. The highest BCUT2D eigenvalue weighted by molar-refractivity contribution is 5.28. The minimum Gasteiger partial charge on any atom is -0.392 e. The Kier molecular flexibility index (Phi) is 6.79. The second kappa shape index (κ2) is 8.95. The van der Waals surface area contributed by atoms with E-state index in [1.807, 2.05) is 0 Å². The van der Waals surface area contributed by atoms with Crippen LogP contribution in [0.5, 0.6) is 0 Å². The maximum Gasteiger partial charge on any atom is 0.0658 e. The van der Waals surface area contributed by atoms with Gasteiger partial charge in [-0.2, -0.15) is 0 Å². The highest BCUT2D eigenvalue weighted by Crippen LogP contribution is 2.59. The van der Waals surface area contributed by atoms with Gasteiger partial charge in [0.1, 0.15) is 0 Å². The molecule has 0 radical (unpaired) electrons. The molecule has 4 aliphatic rings. The van der Waals surface area contributed by atoms with Crippen molar-refractivity contribution in [3.05, 3.63) is 23.3 Å². The average Bonchev–Trinajstić information content (AvgIpc) is 3.45. The molecule has 4 fully saturated rings. The van der Waals surface area contributed by atoms with E-state index in [1.54, 1.807) is 5.57 Å². The van der Waals surface area contributed by atoms with Gasteiger partial charge in [-0.15, -0.1) is 0 Å². The van der Waals surface area contributed by atoms with Crippen molar-refractivity contribution in [2.24, 2.45) is 34.5 Å². The van der Waals surface area contributed by atoms with Crippen molar-refractivity contribution >= 4 is 0 Å². The van der Waals surface area contributed by atoms with Gasteiger partial charge < -0.3 is 14.9 Å². The van der Waals surface area contributed by atoms with Gasteiger partial charge in [-0.05, 0) is 93.8 Å². The normalized spacial score (nSPS) is 40.3. The van der Waals surface area contributed by atoms with Crippen LogP contribution in [0.25, 0.3) is 0 Å². The van der Waals surface area contributed by atoms with E-state index in [4.69, 9.17) is 4.74 Å². The Morgan fingerprint density at radius 1 is 1.00 bits per heavy atom. The Balaban J connectivity index is 1.42. The zero-order valence-electron chi connectivity index (χ0n) is 20.6. The quantitative estimate of drug-likeness (QED) is 0.539. The minimum atomic E-state index is -0.361. The van der Waals surface area contributed by atoms with Crippen LogP contribution in [0.4, 0.5) is 0 Å². The van der Waals surface area contributed by atoms with Crippen molar-refractivity contribution in [3.63, 3.8) is 0 Å². The van der Waals surface area contributed by atoms with E-state index in [1.165, 1.54) is 37.7 Å². The molecule has 4 saturated carbocycles. The van der Waals surface area contributed by atoms with E-state index in [0.717, 1.165) is 32.3 Å². The lowest BCUT2D eigenvalue weighted by atomic mass is 9.62. The molecule has 2 N–H and O–H groups in total. The monoisotopic (exact) mass is 430 g/mol. The fraction of sp³-hybridized carbons (Fsp3) is 0.857. The Morgan fingerprint density at radius 2 is 1.68 bits per heavy atom. The number of allylic oxidation sites excluding steroid dienone is 3. The Labute approximate surface area is 190 Å². The summed E-state index contributed by atoms with van der Waals surface area (Å²) >= 11 is 0. The first kappa shape index (κ1) is 23.5. The highest BCUT2D eigenvalue weighted by atomic mass is 16.5. The van der Waals surface area contributed by atoms with E-state index >= 15 is 0 Å². The summed E-state index contributed by atoms with van der Waals surface area (Å²) in [4.78, 5) is 0. The van der Waals surface area contributed by atoms with Crippen LogP contribution < -0.4 is 0 Å². The smallest absolute Gasteiger partial charge is 0.0658 e. The first-order chi connectivity index (χ1) is 14.7. The Morgan fingerprint density at radius 3 is 2.29 bits per heavy atom. The van der Waals surface area contributed by atoms with Crippen LogP contribution in [0.3, 0.4) is 0 Å². The van der Waals surface area contributed by atoms with Gasteiger partial charge in [-0.3, -0.25) is 0 Å². The van der Waals surface area contributed by atoms with Crippen molar-refractivity contribution in [1.82, 2.24) is 0 Å². The third kappa shape index (κ3) is 4.44. The second-order valence-corrected chi connectivity index (χ2v) is 12.1. The SMILES string of the molecule is CC(C)[C@H](C)CO[C@H](C)C1CC[C@H]2C(=CC=C3C[C@@H](O)C4(CC4)[C@H](O)C3)CCC[C@]12C. The van der Waals surface area contributed by atoms with E-state index in [0.29, 0.717) is 35.2 Å². The molecule has 3 nitrogen and oxygen atoms in total. The first-order valence-electron chi connectivity index (χ1n) is 13.0. The van der Waals surface area contributed by atoms with Gasteiger partial charge in [-0.1, -0.05) is 51.0 Å². The van der Waals surface area contributed by atoms with Crippen molar-refractivity contribution < 1.29 is 14.9 Å². The van der Waals surface area contributed by atoms with Crippen LogP contribution in [0.2, 0.25) is 0 Å². The van der Waals surface area contributed by atoms with Gasteiger partial charge in [-0.25, -0.2) is 0 Å². The number of rotatable bonds is 6. The van der Waals surface area contributed by atoms with Crippen molar-refractivity contribution in [1.29, 1.82) is 0 Å². The largest absolute Gasteiger partial charge is 0.392 e. The maximum atomic E-state index is 10.6. The maximum absolute atomic E-state index is 10.6. The lowest BCUT2D eigenvalue weighted by Crippen LogP contribution is -2.39. The summed E-state index contributed by atoms with van der Waals surface area (Å²) in [6.45, 7) is 12.6. The molecule has 0 heterocycles. The molecule has 4 aliphatic carbocycles. The molecule has 0 aromatic carbocycles. The fourth-order valence-electron chi connectivity index (χ4n) is 7.04. The molecule has 3 heteroatoms. The van der Waals surface area contributed by atoms with E-state index < -0.39 is 0 Å². The number of fused-ring (bicyclic) bond motifs is 1. The van der Waals surface area contributed by atoms with Crippen LogP contribution in [0.15, 0.2) is 23.3 Å². The molecule has 0 saturated heterocycles. The lowest BCUT2D eigenvalue weighted by molar-refractivity contribution is -0.0403. The van der Waals surface area contributed by atoms with Crippen molar-refractivity contribution in [2.45, 2.75) is 111 Å². The molecular formula is C28H46O3. The van der Waals surface area contributed by atoms with Crippen LogP contribution in [-0.4, -0.2) is 35.1 Å². The van der Waals surface area contributed by atoms with E-state index in [-0.39, 0.29) is 17.6 Å². The Bertz CT molecular complexity index is 687. The fourth-order valence-corrected chi connectivity index (χ4v) is 7.04. The molecule has 7 atom stereocenters. The summed E-state index contributed by atoms with van der Waals surface area (Å²) in [7, 11) is 0. The Hall–Kier alpha value is -0.640. The zero-order chi connectivity index (χ0) is 22.4. The number of ether oxygens (including phenoxy) is 1. The van der Waals surface area contributed by atoms with Gasteiger partial charge in [0, 0.05) is 12.0 Å². The van der Waals surface area contributed by atoms with Gasteiger partial charge in [0.25, 0.3) is 0 Å². The summed E-state index contributed by atoms with van der Waals surface area (Å²) in [5.74, 6) is 2.57. The van der Waals surface area contributed by atoms with Crippen LogP contribution >= 0.6 is 0 Å². The molecule has 0 amide bonds. The van der Waals surface area contributed by atoms with Gasteiger partial charge >= 0.3 is 0 Å². The third-order valence-electron chi connectivity index (χ3n) is 9.96. The predicted octanol–water partition coefficient (Wildman–Crippen LogP) is 6.05. The molecular weight excluding hydrogens is 384 g/mol.